The van der Waals surface area contributed by atoms with E-state index in [1.807, 2.05) is 0 Å². The van der Waals surface area contributed by atoms with E-state index in [2.05, 4.69) is 41.5 Å². The molecule has 0 amide bonds. The van der Waals surface area contributed by atoms with Gasteiger partial charge in [-0.15, -0.1) is 0 Å². The second-order valence-corrected chi connectivity index (χ2v) is 20.8. The van der Waals surface area contributed by atoms with Crippen molar-refractivity contribution in [2.24, 2.45) is 0 Å². The predicted molar refractivity (Wildman–Crippen MR) is 143 cm³/mol. The van der Waals surface area contributed by atoms with Crippen molar-refractivity contribution in [2.75, 3.05) is 0 Å². The van der Waals surface area contributed by atoms with Gasteiger partial charge in [0.25, 0.3) is 0 Å². The van der Waals surface area contributed by atoms with Gasteiger partial charge in [-0.2, -0.15) is 0 Å². The molecule has 1 nitrogen and oxygen atoms in total. The summed E-state index contributed by atoms with van der Waals surface area (Å²) in [6, 6.07) is 0. The summed E-state index contributed by atoms with van der Waals surface area (Å²) in [6.45, 7) is 14.2. The molecule has 0 saturated carbocycles. The van der Waals surface area contributed by atoms with E-state index in [1.165, 1.54) is 107 Å². The summed E-state index contributed by atoms with van der Waals surface area (Å²) in [5, 5.41) is 7.71. The molecule has 0 unspecified atom stereocenters. The summed E-state index contributed by atoms with van der Waals surface area (Å²) in [7, 11) is 0. The predicted octanol–water partition coefficient (Wildman–Crippen LogP) is 10.2. The van der Waals surface area contributed by atoms with Crippen molar-refractivity contribution in [3.8, 4) is 0 Å². The van der Waals surface area contributed by atoms with Crippen LogP contribution in [0.1, 0.15) is 138 Å². The van der Waals surface area contributed by atoms with E-state index < -0.39 is 29.0 Å². The van der Waals surface area contributed by atoms with Crippen molar-refractivity contribution in [3.63, 3.8) is 0 Å². The Balaban J connectivity index is 5.35. The molecular formula is C27H58Ge2O. The number of rotatable bonds is 23. The summed E-state index contributed by atoms with van der Waals surface area (Å²) in [5.41, 5.74) is 0.263. The molecule has 0 spiro atoms. The number of hydrogen-bond donors (Lipinski definition) is 0. The molecule has 0 aromatic rings. The topological polar surface area (TPSA) is 9.23 Å². The molecule has 0 saturated heterocycles. The summed E-state index contributed by atoms with van der Waals surface area (Å²) in [5.74, 6) is 0. The van der Waals surface area contributed by atoms with E-state index in [1.54, 1.807) is 15.8 Å². The fourth-order valence-corrected chi connectivity index (χ4v) is 17.3. The van der Waals surface area contributed by atoms with Crippen LogP contribution in [0.5, 0.6) is 0 Å². The summed E-state index contributed by atoms with van der Waals surface area (Å²) in [6.07, 6.45) is 20.8. The molecule has 0 heterocycles. The van der Waals surface area contributed by atoms with E-state index in [0.717, 1.165) is 0 Å². The van der Waals surface area contributed by atoms with Crippen LogP contribution in [0.3, 0.4) is 0 Å². The quantitative estimate of drug-likeness (QED) is 0.116. The molecule has 0 rings (SSSR count). The molecule has 0 atom stereocenters. The standard InChI is InChI=1S/C27H58Ge2O/c1-7-13-19-27(20-14-8-2,30-29(24-17-11-5)25-18-12-6)21-26-28(22-15-9-3)23-16-10-4/h7-26H2,1-6H3. The summed E-state index contributed by atoms with van der Waals surface area (Å²) < 4.78 is 7.40. The van der Waals surface area contributed by atoms with Crippen molar-refractivity contribution in [1.29, 1.82) is 0 Å². The third-order valence-corrected chi connectivity index (χ3v) is 18.4. The maximum absolute atomic E-state index is 7.40. The van der Waals surface area contributed by atoms with Gasteiger partial charge in [0.2, 0.25) is 0 Å². The Labute approximate surface area is 201 Å². The molecule has 180 valence electrons. The molecule has 2 radical (unpaired) electrons. The molecule has 0 aromatic heterocycles. The first kappa shape index (κ1) is 31.0. The van der Waals surface area contributed by atoms with Crippen LogP contribution in [-0.4, -0.2) is 34.6 Å². The monoisotopic (exact) mass is 546 g/mol. The van der Waals surface area contributed by atoms with Crippen LogP contribution >= 0.6 is 0 Å². The third kappa shape index (κ3) is 15.8. The maximum atomic E-state index is 7.40. The molecule has 30 heavy (non-hydrogen) atoms. The fourth-order valence-electron chi connectivity index (χ4n) is 4.44. The van der Waals surface area contributed by atoms with Gasteiger partial charge < -0.3 is 0 Å². The average molecular weight is 544 g/mol. The second-order valence-electron chi connectivity index (χ2n) is 9.70. The molecule has 0 aliphatic rings. The Morgan fingerprint density at radius 1 is 0.467 bits per heavy atom. The van der Waals surface area contributed by atoms with Gasteiger partial charge in [0.15, 0.2) is 0 Å². The van der Waals surface area contributed by atoms with Gasteiger partial charge in [0.1, 0.15) is 0 Å². The Morgan fingerprint density at radius 3 is 1.27 bits per heavy atom. The number of hydrogen-bond acceptors (Lipinski definition) is 1. The second kappa shape index (κ2) is 21.9. The summed E-state index contributed by atoms with van der Waals surface area (Å²) >= 11 is -2.28. The van der Waals surface area contributed by atoms with Crippen LogP contribution in [0.15, 0.2) is 0 Å². The normalized spacial score (nSPS) is 12.4. The first-order chi connectivity index (χ1) is 14.6. The van der Waals surface area contributed by atoms with E-state index in [-0.39, 0.29) is 5.60 Å². The molecule has 3 heteroatoms. The van der Waals surface area contributed by atoms with Gasteiger partial charge in [-0.25, -0.2) is 0 Å². The van der Waals surface area contributed by atoms with E-state index in [4.69, 9.17) is 3.76 Å². The van der Waals surface area contributed by atoms with Gasteiger partial charge in [-0.05, 0) is 0 Å². The number of unbranched alkanes of at least 4 members (excludes halogenated alkanes) is 6. The Hall–Kier alpha value is 1.05. The van der Waals surface area contributed by atoms with Gasteiger partial charge in [0.05, 0.1) is 0 Å². The molecule has 0 aliphatic heterocycles. The molecule has 0 fully saturated rings. The van der Waals surface area contributed by atoms with Crippen LogP contribution in [0, 0.1) is 0 Å². The first-order valence-corrected chi connectivity index (χ1v) is 22.3. The minimum atomic E-state index is -1.38. The average Bonchev–Trinajstić information content (AvgIpc) is 2.77. The van der Waals surface area contributed by atoms with Crippen LogP contribution in [-0.2, 0) is 3.76 Å². The zero-order chi connectivity index (χ0) is 22.5. The SMILES string of the molecule is CCC[CH2][Ge]([CH2]CCC)[CH2]CC(CCCC)(CCCC)[O][Ge]([CH2]CCC)[CH2]CCC. The van der Waals surface area contributed by atoms with Crippen LogP contribution in [0.2, 0.25) is 26.3 Å². The Kier molecular flexibility index (Phi) is 22.6. The third-order valence-electron chi connectivity index (χ3n) is 6.65. The van der Waals surface area contributed by atoms with Crippen molar-refractivity contribution >= 4 is 29.0 Å². The van der Waals surface area contributed by atoms with Crippen molar-refractivity contribution in [3.05, 3.63) is 0 Å². The minimum absolute atomic E-state index is 0.263. The summed E-state index contributed by atoms with van der Waals surface area (Å²) in [4.78, 5) is 0. The molecule has 0 bridgehead atoms. The Morgan fingerprint density at radius 2 is 0.867 bits per heavy atom. The zero-order valence-electron chi connectivity index (χ0n) is 22.1. The van der Waals surface area contributed by atoms with Crippen LogP contribution in [0.25, 0.3) is 0 Å². The van der Waals surface area contributed by atoms with Crippen molar-refractivity contribution in [2.45, 2.75) is 170 Å². The van der Waals surface area contributed by atoms with Crippen molar-refractivity contribution < 1.29 is 3.76 Å². The van der Waals surface area contributed by atoms with Gasteiger partial charge >= 0.3 is 203 Å². The Bertz CT molecular complexity index is 324. The zero-order valence-corrected chi connectivity index (χ0v) is 26.2. The van der Waals surface area contributed by atoms with Gasteiger partial charge in [0, 0.05) is 0 Å². The molecule has 0 aromatic carbocycles. The van der Waals surface area contributed by atoms with Crippen molar-refractivity contribution in [1.82, 2.24) is 0 Å². The van der Waals surface area contributed by atoms with Gasteiger partial charge in [-0.1, -0.05) is 0 Å². The van der Waals surface area contributed by atoms with Crippen LogP contribution < -0.4 is 0 Å². The molecule has 0 aliphatic carbocycles. The van der Waals surface area contributed by atoms with E-state index in [9.17, 15) is 0 Å². The van der Waals surface area contributed by atoms with E-state index >= 15 is 0 Å². The van der Waals surface area contributed by atoms with E-state index in [0.29, 0.717) is 0 Å². The molecule has 0 N–H and O–H groups in total. The fraction of sp³-hybridized carbons (Fsp3) is 1.00. The van der Waals surface area contributed by atoms with Crippen LogP contribution in [0.4, 0.5) is 0 Å². The van der Waals surface area contributed by atoms with Gasteiger partial charge in [-0.3, -0.25) is 0 Å². The first-order valence-electron chi connectivity index (χ1n) is 14.0. The molecular weight excluding hydrogens is 486 g/mol.